The Balaban J connectivity index is 1.84. The van der Waals surface area contributed by atoms with Crippen LogP contribution in [0.4, 0.5) is 0 Å². The molecule has 0 spiro atoms. The van der Waals surface area contributed by atoms with Crippen molar-refractivity contribution in [1.29, 1.82) is 0 Å². The Hall–Kier alpha value is -1.17. The van der Waals surface area contributed by atoms with Gasteiger partial charge >= 0.3 is 5.97 Å². The molecule has 1 aliphatic carbocycles. The highest BCUT2D eigenvalue weighted by molar-refractivity contribution is 5.90. The molecule has 0 radical (unpaired) electrons. The highest BCUT2D eigenvalue weighted by atomic mass is 17.1. The number of carbonyl (C=O) groups is 1. The Bertz CT molecular complexity index is 471. The van der Waals surface area contributed by atoms with Gasteiger partial charge < -0.3 is 9.47 Å². The summed E-state index contributed by atoms with van der Waals surface area (Å²) in [5, 5.41) is 9.04. The summed E-state index contributed by atoms with van der Waals surface area (Å²) in [6, 6.07) is 0. The molecule has 1 saturated carbocycles. The number of hydrogen-bond donors (Lipinski definition) is 1. The van der Waals surface area contributed by atoms with E-state index in [-0.39, 0.29) is 29.7 Å². The number of fused-ring (bicyclic) bond motifs is 2. The summed E-state index contributed by atoms with van der Waals surface area (Å²) < 4.78 is 11.2. The van der Waals surface area contributed by atoms with Gasteiger partial charge in [-0.25, -0.2) is 9.68 Å². The maximum atomic E-state index is 11.7. The number of ether oxygens (including phenoxy) is 2. The van der Waals surface area contributed by atoms with Crippen molar-refractivity contribution in [2.24, 2.45) is 5.92 Å². The summed E-state index contributed by atoms with van der Waals surface area (Å²) in [6.45, 7) is 9.86. The lowest BCUT2D eigenvalue weighted by atomic mass is 9.82. The van der Waals surface area contributed by atoms with Crippen LogP contribution in [0.5, 0.6) is 0 Å². The predicted octanol–water partition coefficient (Wildman–Crippen LogP) is 2.23. The van der Waals surface area contributed by atoms with Crippen LogP contribution in [0.3, 0.4) is 0 Å². The Morgan fingerprint density at radius 1 is 1.45 bits per heavy atom. The summed E-state index contributed by atoms with van der Waals surface area (Å²) in [5.41, 5.74) is 1.06. The average molecular weight is 280 g/mol. The molecule has 5 nitrogen and oxygen atoms in total. The van der Waals surface area contributed by atoms with Gasteiger partial charge in [0.15, 0.2) is 0 Å². The van der Waals surface area contributed by atoms with Crippen LogP contribution in [0.1, 0.15) is 32.6 Å². The van der Waals surface area contributed by atoms with Crippen LogP contribution in [0.2, 0.25) is 0 Å². The van der Waals surface area contributed by atoms with E-state index >= 15 is 0 Å². The SMILES string of the molecule is C=C1CC2OC(=O)C(=C)C2CC2OC2(C)CCC1OO. The zero-order valence-corrected chi connectivity index (χ0v) is 11.6. The largest absolute Gasteiger partial charge is 0.458 e. The summed E-state index contributed by atoms with van der Waals surface area (Å²) in [6.07, 6.45) is 2.09. The third-order valence-electron chi connectivity index (χ3n) is 4.87. The fraction of sp³-hybridized carbons (Fsp3) is 0.667. The van der Waals surface area contributed by atoms with Crippen LogP contribution in [0, 0.1) is 5.92 Å². The van der Waals surface area contributed by atoms with Gasteiger partial charge in [0.1, 0.15) is 12.2 Å². The number of carbonyl (C=O) groups excluding carboxylic acids is 1. The van der Waals surface area contributed by atoms with Crippen molar-refractivity contribution in [3.63, 3.8) is 0 Å². The molecule has 5 heteroatoms. The smallest absolute Gasteiger partial charge is 0.334 e. The first-order valence-electron chi connectivity index (χ1n) is 7.00. The van der Waals surface area contributed by atoms with Crippen LogP contribution in [-0.2, 0) is 19.2 Å². The molecule has 2 saturated heterocycles. The molecule has 0 aromatic heterocycles. The van der Waals surface area contributed by atoms with Gasteiger partial charge in [-0.15, -0.1) is 0 Å². The van der Waals surface area contributed by atoms with Gasteiger partial charge in [-0.3, -0.25) is 5.26 Å². The monoisotopic (exact) mass is 280 g/mol. The topological polar surface area (TPSA) is 68.3 Å². The van der Waals surface area contributed by atoms with Gasteiger partial charge in [0.25, 0.3) is 0 Å². The summed E-state index contributed by atoms with van der Waals surface area (Å²) >= 11 is 0. The summed E-state index contributed by atoms with van der Waals surface area (Å²) in [7, 11) is 0. The Labute approximate surface area is 118 Å². The van der Waals surface area contributed by atoms with Gasteiger partial charge in [-0.1, -0.05) is 13.2 Å². The second kappa shape index (κ2) is 4.69. The van der Waals surface area contributed by atoms with Gasteiger partial charge in [0, 0.05) is 17.9 Å². The molecule has 0 bridgehead atoms. The van der Waals surface area contributed by atoms with E-state index in [0.29, 0.717) is 18.4 Å². The highest BCUT2D eigenvalue weighted by Crippen LogP contribution is 2.48. The van der Waals surface area contributed by atoms with E-state index in [0.717, 1.165) is 18.4 Å². The molecule has 0 aromatic carbocycles. The molecule has 1 N–H and O–H groups in total. The second-order valence-electron chi connectivity index (χ2n) is 6.23. The average Bonchev–Trinajstić information content (AvgIpc) is 2.97. The first-order valence-corrected chi connectivity index (χ1v) is 7.00. The Morgan fingerprint density at radius 3 is 2.90 bits per heavy atom. The van der Waals surface area contributed by atoms with Gasteiger partial charge in [-0.05, 0) is 31.8 Å². The zero-order chi connectivity index (χ0) is 14.5. The van der Waals surface area contributed by atoms with Crippen LogP contribution in [0.25, 0.3) is 0 Å². The maximum Gasteiger partial charge on any atom is 0.334 e. The van der Waals surface area contributed by atoms with Crippen LogP contribution in [0.15, 0.2) is 24.3 Å². The van der Waals surface area contributed by atoms with E-state index in [1.807, 2.05) is 6.92 Å². The lowest BCUT2D eigenvalue weighted by Crippen LogP contribution is -2.27. The minimum Gasteiger partial charge on any atom is -0.458 e. The Kier molecular flexibility index (Phi) is 3.23. The molecule has 5 atom stereocenters. The van der Waals surface area contributed by atoms with Crippen molar-refractivity contribution in [1.82, 2.24) is 0 Å². The van der Waals surface area contributed by atoms with Gasteiger partial charge in [-0.2, -0.15) is 0 Å². The van der Waals surface area contributed by atoms with Crippen molar-refractivity contribution in [3.05, 3.63) is 24.3 Å². The number of epoxide rings is 1. The minimum atomic E-state index is -0.442. The highest BCUT2D eigenvalue weighted by Gasteiger charge is 2.55. The van der Waals surface area contributed by atoms with Crippen molar-refractivity contribution >= 4 is 5.97 Å². The van der Waals surface area contributed by atoms with Crippen molar-refractivity contribution < 1.29 is 24.4 Å². The van der Waals surface area contributed by atoms with Crippen LogP contribution < -0.4 is 0 Å². The second-order valence-corrected chi connectivity index (χ2v) is 6.23. The lowest BCUT2D eigenvalue weighted by Gasteiger charge is -2.24. The number of rotatable bonds is 1. The molecule has 20 heavy (non-hydrogen) atoms. The molecule has 2 aliphatic heterocycles. The number of esters is 1. The van der Waals surface area contributed by atoms with Crippen molar-refractivity contribution in [3.8, 4) is 0 Å². The first-order chi connectivity index (χ1) is 9.44. The van der Waals surface area contributed by atoms with E-state index in [4.69, 9.17) is 14.7 Å². The van der Waals surface area contributed by atoms with E-state index in [1.54, 1.807) is 0 Å². The lowest BCUT2D eigenvalue weighted by molar-refractivity contribution is -0.271. The molecule has 5 unspecified atom stereocenters. The summed E-state index contributed by atoms with van der Waals surface area (Å²) in [4.78, 5) is 16.3. The van der Waals surface area contributed by atoms with E-state index < -0.39 is 6.10 Å². The van der Waals surface area contributed by atoms with E-state index in [1.165, 1.54) is 0 Å². The quantitative estimate of drug-likeness (QED) is 0.199. The molecule has 3 aliphatic rings. The molecular weight excluding hydrogens is 260 g/mol. The minimum absolute atomic E-state index is 0.0384. The van der Waals surface area contributed by atoms with Crippen molar-refractivity contribution in [2.75, 3.05) is 0 Å². The van der Waals surface area contributed by atoms with Crippen LogP contribution in [-0.4, -0.2) is 35.1 Å². The third-order valence-corrected chi connectivity index (χ3v) is 4.87. The molecular formula is C15H20O5. The molecule has 110 valence electrons. The zero-order valence-electron chi connectivity index (χ0n) is 11.6. The standard InChI is InChI=1S/C15H20O5/c1-8-6-12-10(9(2)14(16)18-12)7-13-15(3,19-13)5-4-11(8)20-17/h10-13,17H,1-2,4-7H2,3H3. The number of hydrogen-bond acceptors (Lipinski definition) is 5. The predicted molar refractivity (Wildman–Crippen MR) is 70.9 cm³/mol. The first kappa shape index (κ1) is 13.8. The molecule has 0 amide bonds. The van der Waals surface area contributed by atoms with Crippen molar-refractivity contribution in [2.45, 2.75) is 56.5 Å². The van der Waals surface area contributed by atoms with Gasteiger partial charge in [0.2, 0.25) is 0 Å². The molecule has 3 rings (SSSR count). The fourth-order valence-corrected chi connectivity index (χ4v) is 3.33. The normalized spacial score (nSPS) is 44.6. The van der Waals surface area contributed by atoms with E-state index in [2.05, 4.69) is 18.0 Å². The van der Waals surface area contributed by atoms with Crippen LogP contribution >= 0.6 is 0 Å². The summed E-state index contributed by atoms with van der Waals surface area (Å²) in [5.74, 6) is -0.376. The Morgan fingerprint density at radius 2 is 2.20 bits per heavy atom. The van der Waals surface area contributed by atoms with Gasteiger partial charge in [0.05, 0.1) is 11.7 Å². The molecule has 0 aromatic rings. The fourth-order valence-electron chi connectivity index (χ4n) is 3.33. The maximum absolute atomic E-state index is 11.7. The molecule has 3 fully saturated rings. The third kappa shape index (κ3) is 2.20. The van der Waals surface area contributed by atoms with E-state index in [9.17, 15) is 4.79 Å². The molecule has 2 heterocycles.